The van der Waals surface area contributed by atoms with Gasteiger partial charge in [0.05, 0.1) is 12.7 Å². The van der Waals surface area contributed by atoms with E-state index in [0.29, 0.717) is 5.92 Å². The molecule has 0 aromatic heterocycles. The van der Waals surface area contributed by atoms with Crippen LogP contribution in [0.15, 0.2) is 30.3 Å². The van der Waals surface area contributed by atoms with Crippen molar-refractivity contribution < 1.29 is 9.84 Å². The Hall–Kier alpha value is -0.900. The molecule has 1 aromatic carbocycles. The van der Waals surface area contributed by atoms with Crippen molar-refractivity contribution in [3.63, 3.8) is 0 Å². The molecule has 2 atom stereocenters. The Labute approximate surface area is 123 Å². The molecule has 0 fully saturated rings. The van der Waals surface area contributed by atoms with Crippen LogP contribution in [0.4, 0.5) is 0 Å². The van der Waals surface area contributed by atoms with Crippen LogP contribution in [0, 0.1) is 11.8 Å². The highest BCUT2D eigenvalue weighted by Crippen LogP contribution is 2.22. The fraction of sp³-hybridized carbons (Fsp3) is 0.647. The van der Waals surface area contributed by atoms with Crippen LogP contribution in [0.25, 0.3) is 0 Å². The summed E-state index contributed by atoms with van der Waals surface area (Å²) in [5, 5.41) is 10.4. The Bertz CT molecular complexity index is 353. The second-order valence-electron chi connectivity index (χ2n) is 5.98. The molecule has 0 amide bonds. The molecule has 3 heteroatoms. The minimum absolute atomic E-state index is 0.202. The van der Waals surface area contributed by atoms with Crippen LogP contribution in [0.1, 0.15) is 32.4 Å². The van der Waals surface area contributed by atoms with E-state index in [0.717, 1.165) is 31.8 Å². The first-order chi connectivity index (χ1) is 9.54. The minimum Gasteiger partial charge on any atom is -0.388 e. The van der Waals surface area contributed by atoms with Gasteiger partial charge in [-0.15, -0.1) is 0 Å². The van der Waals surface area contributed by atoms with Gasteiger partial charge in [0.25, 0.3) is 0 Å². The van der Waals surface area contributed by atoms with Gasteiger partial charge in [0.1, 0.15) is 0 Å². The first-order valence-corrected chi connectivity index (χ1v) is 7.49. The molecule has 0 saturated heterocycles. The summed E-state index contributed by atoms with van der Waals surface area (Å²) in [6.07, 6.45) is -0.409. The van der Waals surface area contributed by atoms with Crippen LogP contribution >= 0.6 is 0 Å². The average Bonchev–Trinajstić information content (AvgIpc) is 2.44. The third-order valence-corrected chi connectivity index (χ3v) is 3.46. The molecule has 0 aliphatic rings. The summed E-state index contributed by atoms with van der Waals surface area (Å²) < 4.78 is 5.18. The molecule has 114 valence electrons. The zero-order valence-corrected chi connectivity index (χ0v) is 13.2. The monoisotopic (exact) mass is 279 g/mol. The van der Waals surface area contributed by atoms with E-state index in [9.17, 15) is 5.11 Å². The Morgan fingerprint density at radius 2 is 1.75 bits per heavy atom. The van der Waals surface area contributed by atoms with Crippen molar-refractivity contribution in [2.75, 3.05) is 33.4 Å². The lowest BCUT2D eigenvalue weighted by Crippen LogP contribution is -2.36. The number of ether oxygens (including phenoxy) is 1. The van der Waals surface area contributed by atoms with Gasteiger partial charge < -0.3 is 14.7 Å². The van der Waals surface area contributed by atoms with Crippen molar-refractivity contribution in [1.82, 2.24) is 4.90 Å². The summed E-state index contributed by atoms with van der Waals surface area (Å²) in [5.74, 6) is 0.820. The highest BCUT2D eigenvalue weighted by atomic mass is 16.5. The standard InChI is InChI=1S/C17H29NO2/c1-14(2)12-18(10-11-20-4)13-15(3)17(19)16-8-6-5-7-9-16/h5-9,14-15,17,19H,10-13H2,1-4H3. The second kappa shape index (κ2) is 9.11. The van der Waals surface area contributed by atoms with Gasteiger partial charge in [-0.1, -0.05) is 51.1 Å². The predicted molar refractivity (Wildman–Crippen MR) is 83.7 cm³/mol. The molecule has 0 aliphatic heterocycles. The van der Waals surface area contributed by atoms with E-state index in [2.05, 4.69) is 25.7 Å². The summed E-state index contributed by atoms with van der Waals surface area (Å²) in [6, 6.07) is 9.90. The number of aliphatic hydroxyl groups is 1. The van der Waals surface area contributed by atoms with E-state index in [1.807, 2.05) is 30.3 Å². The lowest BCUT2D eigenvalue weighted by atomic mass is 9.96. The van der Waals surface area contributed by atoms with Crippen LogP contribution in [-0.4, -0.2) is 43.4 Å². The molecule has 0 heterocycles. The molecule has 0 saturated carbocycles. The van der Waals surface area contributed by atoms with Gasteiger partial charge in [0, 0.05) is 26.7 Å². The molecule has 1 aromatic rings. The molecule has 1 rings (SSSR count). The maximum atomic E-state index is 10.4. The second-order valence-corrected chi connectivity index (χ2v) is 5.98. The first-order valence-electron chi connectivity index (χ1n) is 7.49. The van der Waals surface area contributed by atoms with Crippen LogP contribution in [0.5, 0.6) is 0 Å². The summed E-state index contributed by atoms with van der Waals surface area (Å²) >= 11 is 0. The topological polar surface area (TPSA) is 32.7 Å². The van der Waals surface area contributed by atoms with E-state index in [4.69, 9.17) is 4.74 Å². The smallest absolute Gasteiger partial charge is 0.0827 e. The normalized spacial score (nSPS) is 14.8. The third-order valence-electron chi connectivity index (χ3n) is 3.46. The Balaban J connectivity index is 2.57. The van der Waals surface area contributed by atoms with Gasteiger partial charge in [-0.05, 0) is 17.4 Å². The van der Waals surface area contributed by atoms with Crippen molar-refractivity contribution in [3.05, 3.63) is 35.9 Å². The third kappa shape index (κ3) is 6.04. The fourth-order valence-corrected chi connectivity index (χ4v) is 2.48. The fourth-order valence-electron chi connectivity index (χ4n) is 2.48. The van der Waals surface area contributed by atoms with Gasteiger partial charge in [-0.3, -0.25) is 0 Å². The van der Waals surface area contributed by atoms with Crippen LogP contribution in [0.2, 0.25) is 0 Å². The molecular formula is C17H29NO2. The molecular weight excluding hydrogens is 250 g/mol. The Morgan fingerprint density at radius 3 is 2.30 bits per heavy atom. The summed E-state index contributed by atoms with van der Waals surface area (Å²) in [4.78, 5) is 2.38. The molecule has 3 nitrogen and oxygen atoms in total. The Kier molecular flexibility index (Phi) is 7.82. The zero-order valence-electron chi connectivity index (χ0n) is 13.2. The number of hydrogen-bond acceptors (Lipinski definition) is 3. The van der Waals surface area contributed by atoms with Gasteiger partial charge in [-0.2, -0.15) is 0 Å². The van der Waals surface area contributed by atoms with Crippen LogP contribution in [-0.2, 0) is 4.74 Å². The largest absolute Gasteiger partial charge is 0.388 e. The number of nitrogens with zero attached hydrogens (tertiary/aromatic N) is 1. The lowest BCUT2D eigenvalue weighted by molar-refractivity contribution is 0.0716. The highest BCUT2D eigenvalue weighted by molar-refractivity contribution is 5.17. The lowest BCUT2D eigenvalue weighted by Gasteiger charge is -2.29. The molecule has 0 bridgehead atoms. The van der Waals surface area contributed by atoms with E-state index in [1.165, 1.54) is 0 Å². The van der Waals surface area contributed by atoms with Crippen molar-refractivity contribution in [2.45, 2.75) is 26.9 Å². The van der Waals surface area contributed by atoms with Crippen molar-refractivity contribution in [3.8, 4) is 0 Å². The number of benzene rings is 1. The summed E-state index contributed by atoms with van der Waals surface area (Å²) in [7, 11) is 1.73. The maximum Gasteiger partial charge on any atom is 0.0827 e. The maximum absolute atomic E-state index is 10.4. The van der Waals surface area contributed by atoms with E-state index in [1.54, 1.807) is 7.11 Å². The minimum atomic E-state index is -0.409. The quantitative estimate of drug-likeness (QED) is 0.754. The van der Waals surface area contributed by atoms with Gasteiger partial charge in [0.2, 0.25) is 0 Å². The number of hydrogen-bond donors (Lipinski definition) is 1. The summed E-state index contributed by atoms with van der Waals surface area (Å²) in [5.41, 5.74) is 0.997. The number of methoxy groups -OCH3 is 1. The zero-order chi connectivity index (χ0) is 15.0. The average molecular weight is 279 g/mol. The van der Waals surface area contributed by atoms with Crippen molar-refractivity contribution in [2.24, 2.45) is 11.8 Å². The molecule has 1 N–H and O–H groups in total. The molecule has 0 aliphatic carbocycles. The van der Waals surface area contributed by atoms with Gasteiger partial charge in [0.15, 0.2) is 0 Å². The highest BCUT2D eigenvalue weighted by Gasteiger charge is 2.19. The van der Waals surface area contributed by atoms with Crippen molar-refractivity contribution >= 4 is 0 Å². The molecule has 0 radical (unpaired) electrons. The van der Waals surface area contributed by atoms with E-state index in [-0.39, 0.29) is 5.92 Å². The SMILES string of the molecule is COCCN(CC(C)C)CC(C)C(O)c1ccccc1. The van der Waals surface area contributed by atoms with Crippen LogP contribution in [0.3, 0.4) is 0 Å². The van der Waals surface area contributed by atoms with E-state index >= 15 is 0 Å². The van der Waals surface area contributed by atoms with Crippen molar-refractivity contribution in [1.29, 1.82) is 0 Å². The molecule has 0 spiro atoms. The van der Waals surface area contributed by atoms with E-state index < -0.39 is 6.10 Å². The van der Waals surface area contributed by atoms with Gasteiger partial charge in [-0.25, -0.2) is 0 Å². The molecule has 2 unspecified atom stereocenters. The molecule has 20 heavy (non-hydrogen) atoms. The van der Waals surface area contributed by atoms with Gasteiger partial charge >= 0.3 is 0 Å². The first kappa shape index (κ1) is 17.2. The number of aliphatic hydroxyl groups excluding tert-OH is 1. The summed E-state index contributed by atoms with van der Waals surface area (Å²) in [6.45, 7) is 10.1. The van der Waals surface area contributed by atoms with Crippen LogP contribution < -0.4 is 0 Å². The number of rotatable bonds is 9. The predicted octanol–water partition coefficient (Wildman–Crippen LogP) is 2.96. The Morgan fingerprint density at radius 1 is 1.10 bits per heavy atom.